The van der Waals surface area contributed by atoms with Crippen LogP contribution in [0, 0.1) is 5.82 Å². The molecule has 0 radical (unpaired) electrons. The molecule has 0 amide bonds. The molecule has 0 spiro atoms. The fourth-order valence-electron chi connectivity index (χ4n) is 1.79. The molecule has 0 aliphatic rings. The molecule has 0 bridgehead atoms. The molecule has 2 rings (SSSR count). The van der Waals surface area contributed by atoms with Crippen molar-refractivity contribution in [1.29, 1.82) is 0 Å². The lowest BCUT2D eigenvalue weighted by Gasteiger charge is -2.14. The second-order valence-electron chi connectivity index (χ2n) is 4.09. The van der Waals surface area contributed by atoms with Gasteiger partial charge in [-0.15, -0.1) is 0 Å². The molecule has 6 heteroatoms. The molecule has 106 valence electrons. The van der Waals surface area contributed by atoms with E-state index in [0.717, 1.165) is 0 Å². The Morgan fingerprint density at radius 1 is 1.05 bits per heavy atom. The summed E-state index contributed by atoms with van der Waals surface area (Å²) in [5.41, 5.74) is 6.91. The second kappa shape index (κ2) is 6.28. The van der Waals surface area contributed by atoms with Gasteiger partial charge in [0.15, 0.2) is 0 Å². The van der Waals surface area contributed by atoms with Crippen molar-refractivity contribution >= 4 is 15.9 Å². The normalized spacial score (nSPS) is 12.5. The predicted octanol–water partition coefficient (Wildman–Crippen LogP) is 4.24. The molecule has 20 heavy (non-hydrogen) atoms. The van der Waals surface area contributed by atoms with Crippen LogP contribution in [0.3, 0.4) is 0 Å². The van der Waals surface area contributed by atoms with Gasteiger partial charge in [-0.25, -0.2) is 4.39 Å². The SMILES string of the molecule is NC(c1ccc(OC(F)F)cc1)c1cc(Br)ccc1F. The van der Waals surface area contributed by atoms with E-state index in [9.17, 15) is 13.2 Å². The molecular formula is C14H11BrF3NO. The van der Waals surface area contributed by atoms with E-state index >= 15 is 0 Å². The summed E-state index contributed by atoms with van der Waals surface area (Å²) in [5.74, 6) is -0.390. The Morgan fingerprint density at radius 2 is 1.70 bits per heavy atom. The Kier molecular flexibility index (Phi) is 4.67. The van der Waals surface area contributed by atoms with Gasteiger partial charge in [0.2, 0.25) is 0 Å². The number of hydrogen-bond acceptors (Lipinski definition) is 2. The topological polar surface area (TPSA) is 35.2 Å². The van der Waals surface area contributed by atoms with E-state index in [2.05, 4.69) is 20.7 Å². The average Bonchev–Trinajstić information content (AvgIpc) is 2.41. The Morgan fingerprint density at radius 3 is 2.30 bits per heavy atom. The van der Waals surface area contributed by atoms with Crippen LogP contribution in [0.15, 0.2) is 46.9 Å². The maximum atomic E-state index is 13.7. The van der Waals surface area contributed by atoms with E-state index in [1.165, 1.54) is 30.3 Å². The van der Waals surface area contributed by atoms with Gasteiger partial charge in [0.1, 0.15) is 11.6 Å². The van der Waals surface area contributed by atoms with Crippen LogP contribution in [0.5, 0.6) is 5.75 Å². The third-order valence-corrected chi connectivity index (χ3v) is 3.25. The van der Waals surface area contributed by atoms with Gasteiger partial charge >= 0.3 is 6.61 Å². The lowest BCUT2D eigenvalue weighted by Crippen LogP contribution is -2.13. The van der Waals surface area contributed by atoms with Crippen LogP contribution in [0.25, 0.3) is 0 Å². The zero-order valence-electron chi connectivity index (χ0n) is 10.2. The predicted molar refractivity (Wildman–Crippen MR) is 73.2 cm³/mol. The minimum absolute atomic E-state index is 0.0330. The van der Waals surface area contributed by atoms with Crippen LogP contribution < -0.4 is 10.5 Å². The summed E-state index contributed by atoms with van der Waals surface area (Å²) in [6, 6.07) is 9.59. The molecule has 0 saturated carbocycles. The average molecular weight is 346 g/mol. The van der Waals surface area contributed by atoms with Crippen LogP contribution in [-0.2, 0) is 0 Å². The first-order chi connectivity index (χ1) is 9.47. The van der Waals surface area contributed by atoms with Crippen LogP contribution in [0.1, 0.15) is 17.2 Å². The molecule has 0 aliphatic carbocycles. The van der Waals surface area contributed by atoms with Crippen LogP contribution in [0.2, 0.25) is 0 Å². The summed E-state index contributed by atoms with van der Waals surface area (Å²) in [6.45, 7) is -2.88. The summed E-state index contributed by atoms with van der Waals surface area (Å²) in [7, 11) is 0. The van der Waals surface area contributed by atoms with E-state index < -0.39 is 18.5 Å². The fourth-order valence-corrected chi connectivity index (χ4v) is 2.17. The molecule has 0 aliphatic heterocycles. The van der Waals surface area contributed by atoms with Crippen LogP contribution >= 0.6 is 15.9 Å². The van der Waals surface area contributed by atoms with Gasteiger partial charge in [-0.1, -0.05) is 28.1 Å². The lowest BCUT2D eigenvalue weighted by molar-refractivity contribution is -0.0498. The highest BCUT2D eigenvalue weighted by Gasteiger charge is 2.14. The largest absolute Gasteiger partial charge is 0.435 e. The van der Waals surface area contributed by atoms with Gasteiger partial charge in [-0.2, -0.15) is 8.78 Å². The van der Waals surface area contributed by atoms with Crippen molar-refractivity contribution in [3.63, 3.8) is 0 Å². The Balaban J connectivity index is 2.24. The molecule has 2 aromatic carbocycles. The first-order valence-electron chi connectivity index (χ1n) is 5.72. The Bertz CT molecular complexity index is 589. The summed E-state index contributed by atoms with van der Waals surface area (Å²) >= 11 is 3.25. The van der Waals surface area contributed by atoms with Gasteiger partial charge in [0.05, 0.1) is 6.04 Å². The number of hydrogen-bond donors (Lipinski definition) is 1. The molecule has 1 unspecified atom stereocenters. The molecule has 2 aromatic rings. The molecule has 0 saturated heterocycles. The van der Waals surface area contributed by atoms with Gasteiger partial charge in [0, 0.05) is 10.0 Å². The highest BCUT2D eigenvalue weighted by molar-refractivity contribution is 9.10. The Hall–Kier alpha value is -1.53. The van der Waals surface area contributed by atoms with E-state index in [4.69, 9.17) is 5.73 Å². The quantitative estimate of drug-likeness (QED) is 0.899. The molecular weight excluding hydrogens is 335 g/mol. The zero-order chi connectivity index (χ0) is 14.7. The van der Waals surface area contributed by atoms with Crippen molar-refractivity contribution in [1.82, 2.24) is 0 Å². The number of nitrogens with two attached hydrogens (primary N) is 1. The van der Waals surface area contributed by atoms with Crippen LogP contribution in [0.4, 0.5) is 13.2 Å². The molecule has 2 nitrogen and oxygen atoms in total. The maximum Gasteiger partial charge on any atom is 0.387 e. The van der Waals surface area contributed by atoms with Crippen molar-refractivity contribution in [3.05, 3.63) is 63.9 Å². The summed E-state index contributed by atoms with van der Waals surface area (Å²) in [5, 5.41) is 0. The molecule has 2 N–H and O–H groups in total. The number of ether oxygens (including phenoxy) is 1. The third-order valence-electron chi connectivity index (χ3n) is 2.76. The highest BCUT2D eigenvalue weighted by Crippen LogP contribution is 2.26. The molecule has 0 fully saturated rings. The Labute approximate surface area is 122 Å². The van der Waals surface area contributed by atoms with Gasteiger partial charge in [-0.05, 0) is 35.9 Å². The fraction of sp³-hybridized carbons (Fsp3) is 0.143. The summed E-state index contributed by atoms with van der Waals surface area (Å²) in [6.07, 6.45) is 0. The second-order valence-corrected chi connectivity index (χ2v) is 5.01. The first kappa shape index (κ1) is 14.9. The summed E-state index contributed by atoms with van der Waals surface area (Å²) < 4.78 is 42.8. The van der Waals surface area contributed by atoms with Crippen molar-refractivity contribution in [2.75, 3.05) is 0 Å². The third kappa shape index (κ3) is 3.52. The monoisotopic (exact) mass is 345 g/mol. The number of benzene rings is 2. The maximum absolute atomic E-state index is 13.7. The van der Waals surface area contributed by atoms with Crippen molar-refractivity contribution in [2.24, 2.45) is 5.73 Å². The molecule has 0 heterocycles. The number of halogens is 4. The smallest absolute Gasteiger partial charge is 0.387 e. The number of alkyl halides is 2. The molecule has 0 aromatic heterocycles. The van der Waals surface area contributed by atoms with Crippen LogP contribution in [-0.4, -0.2) is 6.61 Å². The zero-order valence-corrected chi connectivity index (χ0v) is 11.8. The van der Waals surface area contributed by atoms with E-state index in [-0.39, 0.29) is 5.75 Å². The first-order valence-corrected chi connectivity index (χ1v) is 6.52. The van der Waals surface area contributed by atoms with Crippen molar-refractivity contribution < 1.29 is 17.9 Å². The minimum atomic E-state index is -2.88. The standard InChI is InChI=1S/C14H11BrF3NO/c15-9-3-6-12(16)11(7-9)13(19)8-1-4-10(5-2-8)20-14(17)18/h1-7,13-14H,19H2. The molecule has 1 atom stereocenters. The summed E-state index contributed by atoms with van der Waals surface area (Å²) in [4.78, 5) is 0. The van der Waals surface area contributed by atoms with E-state index in [0.29, 0.717) is 15.6 Å². The minimum Gasteiger partial charge on any atom is -0.435 e. The van der Waals surface area contributed by atoms with Gasteiger partial charge in [0.25, 0.3) is 0 Å². The van der Waals surface area contributed by atoms with Gasteiger partial charge in [-0.3, -0.25) is 0 Å². The highest BCUT2D eigenvalue weighted by atomic mass is 79.9. The van der Waals surface area contributed by atoms with Gasteiger partial charge < -0.3 is 10.5 Å². The number of rotatable bonds is 4. The van der Waals surface area contributed by atoms with Crippen molar-refractivity contribution in [3.8, 4) is 5.75 Å². The van der Waals surface area contributed by atoms with E-state index in [1.54, 1.807) is 12.1 Å². The lowest BCUT2D eigenvalue weighted by atomic mass is 9.99. The van der Waals surface area contributed by atoms with Crippen molar-refractivity contribution in [2.45, 2.75) is 12.7 Å². The van der Waals surface area contributed by atoms with E-state index in [1.807, 2.05) is 0 Å².